The van der Waals surface area contributed by atoms with Crippen molar-refractivity contribution in [3.05, 3.63) is 0 Å². The van der Waals surface area contributed by atoms with Crippen molar-refractivity contribution in [2.45, 2.75) is 51.6 Å². The quantitative estimate of drug-likeness (QED) is 0.745. The Morgan fingerprint density at radius 2 is 2.31 bits per heavy atom. The van der Waals surface area contributed by atoms with Crippen molar-refractivity contribution in [2.75, 3.05) is 19.6 Å². The van der Waals surface area contributed by atoms with Crippen molar-refractivity contribution in [1.29, 1.82) is 0 Å². The van der Waals surface area contributed by atoms with Gasteiger partial charge in [0.2, 0.25) is 0 Å². The number of carbonyl (C=O) groups is 1. The minimum absolute atomic E-state index is 0.270. The second kappa shape index (κ2) is 6.86. The molecule has 0 saturated carbocycles. The van der Waals surface area contributed by atoms with E-state index in [0.29, 0.717) is 12.1 Å². The van der Waals surface area contributed by atoms with Crippen LogP contribution in [0.3, 0.4) is 0 Å². The first-order valence-corrected chi connectivity index (χ1v) is 6.32. The third-order valence-corrected chi connectivity index (χ3v) is 3.29. The fraction of sp³-hybridized carbons (Fsp3) is 0.917. The van der Waals surface area contributed by atoms with Gasteiger partial charge in [0, 0.05) is 25.0 Å². The number of nitrogens with zero attached hydrogens (tertiary/aromatic N) is 1. The van der Waals surface area contributed by atoms with E-state index < -0.39 is 5.97 Å². The van der Waals surface area contributed by atoms with E-state index in [9.17, 15) is 4.79 Å². The fourth-order valence-corrected chi connectivity index (χ4v) is 2.30. The summed E-state index contributed by atoms with van der Waals surface area (Å²) >= 11 is 0. The van der Waals surface area contributed by atoms with E-state index in [-0.39, 0.29) is 6.42 Å². The molecule has 1 heterocycles. The smallest absolute Gasteiger partial charge is 0.303 e. The van der Waals surface area contributed by atoms with Crippen LogP contribution >= 0.6 is 0 Å². The molecule has 1 fully saturated rings. The van der Waals surface area contributed by atoms with Crippen molar-refractivity contribution >= 4 is 5.97 Å². The molecule has 2 unspecified atom stereocenters. The van der Waals surface area contributed by atoms with Crippen molar-refractivity contribution < 1.29 is 9.90 Å². The molecule has 4 nitrogen and oxygen atoms in total. The minimum Gasteiger partial charge on any atom is -0.481 e. The van der Waals surface area contributed by atoms with Gasteiger partial charge in [0.15, 0.2) is 0 Å². The number of aliphatic carboxylic acids is 1. The molecule has 1 rings (SSSR count). The number of nitrogens with one attached hydrogen (secondary N) is 1. The lowest BCUT2D eigenvalue weighted by Gasteiger charge is -2.28. The zero-order chi connectivity index (χ0) is 12.0. The van der Waals surface area contributed by atoms with Crippen LogP contribution in [0.25, 0.3) is 0 Å². The first-order chi connectivity index (χ1) is 7.63. The molecular formula is C12H24N2O2. The highest BCUT2D eigenvalue weighted by atomic mass is 16.4. The zero-order valence-corrected chi connectivity index (χ0v) is 10.4. The van der Waals surface area contributed by atoms with Crippen LogP contribution < -0.4 is 5.32 Å². The molecular weight excluding hydrogens is 204 g/mol. The topological polar surface area (TPSA) is 52.6 Å². The monoisotopic (exact) mass is 228 g/mol. The molecule has 0 radical (unpaired) electrons. The van der Waals surface area contributed by atoms with Crippen LogP contribution in [0.4, 0.5) is 0 Å². The van der Waals surface area contributed by atoms with Crippen molar-refractivity contribution in [2.24, 2.45) is 0 Å². The summed E-state index contributed by atoms with van der Waals surface area (Å²) < 4.78 is 0. The molecule has 0 aromatic heterocycles. The SMILES string of the molecule is CCCN1CC(CCC(=O)O)NCCC1C. The van der Waals surface area contributed by atoms with E-state index in [2.05, 4.69) is 24.1 Å². The number of rotatable bonds is 5. The van der Waals surface area contributed by atoms with Crippen LogP contribution in [0.2, 0.25) is 0 Å². The van der Waals surface area contributed by atoms with Crippen molar-refractivity contribution in [3.63, 3.8) is 0 Å². The molecule has 4 heteroatoms. The maximum Gasteiger partial charge on any atom is 0.303 e. The highest BCUT2D eigenvalue weighted by Gasteiger charge is 2.22. The zero-order valence-electron chi connectivity index (χ0n) is 10.4. The molecule has 2 atom stereocenters. The second-order valence-electron chi connectivity index (χ2n) is 4.72. The summed E-state index contributed by atoms with van der Waals surface area (Å²) in [6.45, 7) is 7.56. The van der Waals surface area contributed by atoms with E-state index in [0.717, 1.165) is 38.9 Å². The molecule has 0 amide bonds. The number of hydrogen-bond acceptors (Lipinski definition) is 3. The van der Waals surface area contributed by atoms with Crippen molar-refractivity contribution in [3.8, 4) is 0 Å². The van der Waals surface area contributed by atoms with Gasteiger partial charge in [-0.3, -0.25) is 9.69 Å². The van der Waals surface area contributed by atoms with Crippen LogP contribution in [0.15, 0.2) is 0 Å². The van der Waals surface area contributed by atoms with Gasteiger partial charge in [-0.25, -0.2) is 0 Å². The van der Waals surface area contributed by atoms with E-state index in [1.807, 2.05) is 0 Å². The normalized spacial score (nSPS) is 27.6. The van der Waals surface area contributed by atoms with Gasteiger partial charge >= 0.3 is 5.97 Å². The summed E-state index contributed by atoms with van der Waals surface area (Å²) in [5, 5.41) is 12.1. The van der Waals surface area contributed by atoms with Gasteiger partial charge in [0.05, 0.1) is 0 Å². The van der Waals surface area contributed by atoms with Crippen LogP contribution in [0.5, 0.6) is 0 Å². The van der Waals surface area contributed by atoms with Crippen LogP contribution in [-0.4, -0.2) is 47.7 Å². The first kappa shape index (κ1) is 13.5. The molecule has 0 aliphatic carbocycles. The van der Waals surface area contributed by atoms with Gasteiger partial charge in [0.1, 0.15) is 0 Å². The summed E-state index contributed by atoms with van der Waals surface area (Å²) in [6, 6.07) is 0.954. The van der Waals surface area contributed by atoms with Crippen LogP contribution in [0.1, 0.15) is 39.5 Å². The molecule has 2 N–H and O–H groups in total. The summed E-state index contributed by atoms with van der Waals surface area (Å²) in [7, 11) is 0. The third kappa shape index (κ3) is 4.49. The molecule has 16 heavy (non-hydrogen) atoms. The summed E-state index contributed by atoms with van der Waals surface area (Å²) in [4.78, 5) is 13.0. The molecule has 1 aliphatic rings. The Morgan fingerprint density at radius 1 is 1.56 bits per heavy atom. The Morgan fingerprint density at radius 3 is 2.94 bits per heavy atom. The Labute approximate surface area is 98.0 Å². The maximum absolute atomic E-state index is 10.6. The van der Waals surface area contributed by atoms with Gasteiger partial charge in [0.25, 0.3) is 0 Å². The van der Waals surface area contributed by atoms with E-state index in [1.54, 1.807) is 0 Å². The number of carboxylic acid groups (broad SMARTS) is 1. The summed E-state index contributed by atoms with van der Waals surface area (Å²) in [5.41, 5.74) is 0. The van der Waals surface area contributed by atoms with Crippen LogP contribution in [-0.2, 0) is 4.79 Å². The molecule has 0 bridgehead atoms. The van der Waals surface area contributed by atoms with E-state index in [4.69, 9.17) is 5.11 Å². The fourth-order valence-electron chi connectivity index (χ4n) is 2.30. The highest BCUT2D eigenvalue weighted by Crippen LogP contribution is 2.12. The highest BCUT2D eigenvalue weighted by molar-refractivity contribution is 5.66. The lowest BCUT2D eigenvalue weighted by Crippen LogP contribution is -2.40. The van der Waals surface area contributed by atoms with E-state index in [1.165, 1.54) is 0 Å². The largest absolute Gasteiger partial charge is 0.481 e. The molecule has 1 aliphatic heterocycles. The van der Waals surface area contributed by atoms with E-state index >= 15 is 0 Å². The Bertz CT molecular complexity index is 221. The lowest BCUT2D eigenvalue weighted by molar-refractivity contribution is -0.137. The van der Waals surface area contributed by atoms with Gasteiger partial charge < -0.3 is 10.4 Å². The number of hydrogen-bond donors (Lipinski definition) is 2. The predicted molar refractivity (Wildman–Crippen MR) is 64.6 cm³/mol. The first-order valence-electron chi connectivity index (χ1n) is 6.32. The van der Waals surface area contributed by atoms with Gasteiger partial charge in [-0.15, -0.1) is 0 Å². The van der Waals surface area contributed by atoms with Gasteiger partial charge in [-0.2, -0.15) is 0 Å². The van der Waals surface area contributed by atoms with Gasteiger partial charge in [-0.05, 0) is 39.3 Å². The van der Waals surface area contributed by atoms with Crippen LogP contribution in [0, 0.1) is 0 Å². The second-order valence-corrected chi connectivity index (χ2v) is 4.72. The maximum atomic E-state index is 10.6. The Balaban J connectivity index is 2.43. The lowest BCUT2D eigenvalue weighted by atomic mass is 10.1. The standard InChI is InChI=1S/C12H24N2O2/c1-3-8-14-9-11(4-5-12(15)16)13-7-6-10(14)2/h10-11,13H,3-9H2,1-2H3,(H,15,16). The molecule has 1 saturated heterocycles. The summed E-state index contributed by atoms with van der Waals surface area (Å²) in [5.74, 6) is -0.693. The average Bonchev–Trinajstić information content (AvgIpc) is 2.39. The molecule has 0 aromatic rings. The third-order valence-electron chi connectivity index (χ3n) is 3.29. The number of carboxylic acids is 1. The average molecular weight is 228 g/mol. The minimum atomic E-state index is -0.693. The summed E-state index contributed by atoms with van der Waals surface area (Å²) in [6.07, 6.45) is 3.33. The van der Waals surface area contributed by atoms with Crippen molar-refractivity contribution in [1.82, 2.24) is 10.2 Å². The molecule has 0 aromatic carbocycles. The Hall–Kier alpha value is -0.610. The molecule has 0 spiro atoms. The molecule has 94 valence electrons. The predicted octanol–water partition coefficient (Wildman–Crippen LogP) is 1.31. The Kier molecular flexibility index (Phi) is 5.77. The van der Waals surface area contributed by atoms with Gasteiger partial charge in [-0.1, -0.05) is 6.92 Å².